The summed E-state index contributed by atoms with van der Waals surface area (Å²) in [6.07, 6.45) is -2.28. The predicted molar refractivity (Wildman–Crippen MR) is 76.7 cm³/mol. The zero-order valence-electron chi connectivity index (χ0n) is 11.3. The Labute approximate surface area is 131 Å². The van der Waals surface area contributed by atoms with E-state index in [2.05, 4.69) is 10.3 Å². The van der Waals surface area contributed by atoms with Gasteiger partial charge in [0, 0.05) is 56.6 Å². The van der Waals surface area contributed by atoms with E-state index in [1.807, 2.05) is 4.90 Å². The molecule has 0 saturated carbocycles. The van der Waals surface area contributed by atoms with E-state index >= 15 is 0 Å². The van der Waals surface area contributed by atoms with Crippen molar-refractivity contribution < 1.29 is 13.2 Å². The van der Waals surface area contributed by atoms with Gasteiger partial charge >= 0.3 is 6.18 Å². The Bertz CT molecular complexity index is 456. The molecule has 1 aromatic rings. The van der Waals surface area contributed by atoms with Crippen LogP contribution in [0.25, 0.3) is 0 Å². The van der Waals surface area contributed by atoms with Crippen molar-refractivity contribution in [2.45, 2.75) is 25.1 Å². The molecule has 0 radical (unpaired) electrons. The summed E-state index contributed by atoms with van der Waals surface area (Å²) in [5.41, 5.74) is 0.541. The predicted octanol–water partition coefficient (Wildman–Crippen LogP) is 3.68. The Hall–Kier alpha value is -0.560. The van der Waals surface area contributed by atoms with Gasteiger partial charge in [0.25, 0.3) is 0 Å². The number of hydrogen-bond acceptors (Lipinski definition) is 3. The summed E-state index contributed by atoms with van der Waals surface area (Å²) < 4.78 is 37.8. The molecule has 21 heavy (non-hydrogen) atoms. The lowest BCUT2D eigenvalue weighted by Crippen LogP contribution is -2.45. The number of halogens is 5. The van der Waals surface area contributed by atoms with Gasteiger partial charge in [-0.2, -0.15) is 13.2 Å². The van der Waals surface area contributed by atoms with Gasteiger partial charge in [-0.1, -0.05) is 23.2 Å². The molecule has 0 aromatic carbocycles. The Morgan fingerprint density at radius 1 is 1.19 bits per heavy atom. The molecule has 0 aliphatic carbocycles. The van der Waals surface area contributed by atoms with Gasteiger partial charge in [0.15, 0.2) is 0 Å². The van der Waals surface area contributed by atoms with E-state index in [0.717, 1.165) is 13.1 Å². The average Bonchev–Trinajstić information content (AvgIpc) is 2.42. The highest BCUT2D eigenvalue weighted by Crippen LogP contribution is 2.38. The lowest BCUT2D eigenvalue weighted by Gasteiger charge is -2.36. The fourth-order valence-electron chi connectivity index (χ4n) is 2.54. The highest BCUT2D eigenvalue weighted by Gasteiger charge is 2.33. The number of hydrogen-bond donors (Lipinski definition) is 1. The number of alkyl halides is 3. The molecule has 118 valence electrons. The van der Waals surface area contributed by atoms with Gasteiger partial charge < -0.3 is 5.32 Å². The van der Waals surface area contributed by atoms with Crippen LogP contribution in [0.4, 0.5) is 13.2 Å². The molecule has 1 saturated heterocycles. The van der Waals surface area contributed by atoms with Crippen molar-refractivity contribution in [3.05, 3.63) is 28.0 Å². The largest absolute Gasteiger partial charge is 0.389 e. The maximum absolute atomic E-state index is 12.6. The monoisotopic (exact) mass is 341 g/mol. The maximum atomic E-state index is 12.6. The van der Waals surface area contributed by atoms with Crippen molar-refractivity contribution >= 4 is 23.2 Å². The zero-order chi connectivity index (χ0) is 15.5. The van der Waals surface area contributed by atoms with Crippen molar-refractivity contribution in [1.29, 1.82) is 0 Å². The molecule has 1 fully saturated rings. The second kappa shape index (κ2) is 7.13. The molecule has 0 unspecified atom stereocenters. The van der Waals surface area contributed by atoms with Crippen LogP contribution in [0, 0.1) is 0 Å². The van der Waals surface area contributed by atoms with Gasteiger partial charge in [-0.25, -0.2) is 0 Å². The van der Waals surface area contributed by atoms with Crippen LogP contribution in [0.2, 0.25) is 10.0 Å². The molecule has 0 spiro atoms. The standard InChI is InChI=1S/C13H16Cl2F3N3/c14-9-7-20-8-10(15)12(9)11(1-2-13(16,17)18)21-5-3-19-4-6-21/h7-8,11,19H,1-6H2/t11-/m1/s1. The number of nitrogens with zero attached hydrogens (tertiary/aromatic N) is 2. The second-order valence-electron chi connectivity index (χ2n) is 4.97. The summed E-state index contributed by atoms with van der Waals surface area (Å²) in [7, 11) is 0. The van der Waals surface area contributed by atoms with Crippen LogP contribution in [0.1, 0.15) is 24.4 Å². The van der Waals surface area contributed by atoms with Crippen molar-refractivity contribution in [2.24, 2.45) is 0 Å². The van der Waals surface area contributed by atoms with E-state index in [1.165, 1.54) is 12.4 Å². The van der Waals surface area contributed by atoms with E-state index < -0.39 is 18.6 Å². The first-order chi connectivity index (χ1) is 9.88. The van der Waals surface area contributed by atoms with Gasteiger partial charge in [0.1, 0.15) is 0 Å². The number of rotatable bonds is 4. The molecule has 1 aromatic heterocycles. The third kappa shape index (κ3) is 4.71. The van der Waals surface area contributed by atoms with Gasteiger partial charge in [-0.15, -0.1) is 0 Å². The molecule has 0 amide bonds. The molecule has 8 heteroatoms. The number of piperazine rings is 1. The highest BCUT2D eigenvalue weighted by atomic mass is 35.5. The quantitative estimate of drug-likeness (QED) is 0.905. The summed E-state index contributed by atoms with van der Waals surface area (Å²) in [5, 5.41) is 3.81. The molecule has 2 heterocycles. The number of nitrogens with one attached hydrogen (secondary N) is 1. The van der Waals surface area contributed by atoms with Crippen LogP contribution >= 0.6 is 23.2 Å². The van der Waals surface area contributed by atoms with Crippen molar-refractivity contribution in [3.63, 3.8) is 0 Å². The molecule has 1 N–H and O–H groups in total. The molecular weight excluding hydrogens is 326 g/mol. The fraction of sp³-hybridized carbons (Fsp3) is 0.615. The third-order valence-electron chi connectivity index (χ3n) is 3.52. The fourth-order valence-corrected chi connectivity index (χ4v) is 3.16. The van der Waals surface area contributed by atoms with Gasteiger partial charge in [-0.05, 0) is 6.42 Å². The summed E-state index contributed by atoms with van der Waals surface area (Å²) in [6.45, 7) is 2.81. The van der Waals surface area contributed by atoms with Crippen LogP contribution in [-0.4, -0.2) is 42.2 Å². The minimum Gasteiger partial charge on any atom is -0.314 e. The summed E-state index contributed by atoms with van der Waals surface area (Å²) in [6, 6.07) is -0.447. The SMILES string of the molecule is FC(F)(F)CC[C@H](c1c(Cl)cncc1Cl)N1CCNCC1. The van der Waals surface area contributed by atoms with Crippen LogP contribution in [-0.2, 0) is 0 Å². The summed E-state index contributed by atoms with van der Waals surface area (Å²) in [5.74, 6) is 0. The van der Waals surface area contributed by atoms with Crippen LogP contribution in [0.5, 0.6) is 0 Å². The van der Waals surface area contributed by atoms with Crippen LogP contribution in [0.3, 0.4) is 0 Å². The molecular formula is C13H16Cl2F3N3. The summed E-state index contributed by atoms with van der Waals surface area (Å²) in [4.78, 5) is 5.86. The van der Waals surface area contributed by atoms with Gasteiger partial charge in [0.05, 0.1) is 10.0 Å². The maximum Gasteiger partial charge on any atom is 0.389 e. The minimum absolute atomic E-state index is 0.0625. The Morgan fingerprint density at radius 2 is 1.76 bits per heavy atom. The minimum atomic E-state index is -4.20. The van der Waals surface area contributed by atoms with Crippen LogP contribution in [0.15, 0.2) is 12.4 Å². The molecule has 1 atom stereocenters. The number of pyridine rings is 1. The first kappa shape index (κ1) is 16.8. The molecule has 1 aliphatic heterocycles. The van der Waals surface area contributed by atoms with Crippen LogP contribution < -0.4 is 5.32 Å². The normalized spacial score (nSPS) is 18.7. The lowest BCUT2D eigenvalue weighted by molar-refractivity contribution is -0.138. The molecule has 0 bridgehead atoms. The average molecular weight is 342 g/mol. The lowest BCUT2D eigenvalue weighted by atomic mass is 10.00. The van der Waals surface area contributed by atoms with E-state index in [0.29, 0.717) is 28.7 Å². The van der Waals surface area contributed by atoms with Gasteiger partial charge in [0.2, 0.25) is 0 Å². The van der Waals surface area contributed by atoms with E-state index in [-0.39, 0.29) is 6.42 Å². The second-order valence-corrected chi connectivity index (χ2v) is 5.79. The summed E-state index contributed by atoms with van der Waals surface area (Å²) >= 11 is 12.2. The number of aromatic nitrogens is 1. The van der Waals surface area contributed by atoms with E-state index in [9.17, 15) is 13.2 Å². The van der Waals surface area contributed by atoms with E-state index in [4.69, 9.17) is 23.2 Å². The Morgan fingerprint density at radius 3 is 2.29 bits per heavy atom. The van der Waals surface area contributed by atoms with Gasteiger partial charge in [-0.3, -0.25) is 9.88 Å². The van der Waals surface area contributed by atoms with Crippen molar-refractivity contribution in [1.82, 2.24) is 15.2 Å². The molecule has 2 rings (SSSR count). The molecule has 3 nitrogen and oxygen atoms in total. The smallest absolute Gasteiger partial charge is 0.314 e. The third-order valence-corrected chi connectivity index (χ3v) is 4.12. The molecule has 1 aliphatic rings. The Kier molecular flexibility index (Phi) is 5.71. The zero-order valence-corrected chi connectivity index (χ0v) is 12.8. The van der Waals surface area contributed by atoms with Crippen molar-refractivity contribution in [3.8, 4) is 0 Å². The van der Waals surface area contributed by atoms with Crippen molar-refractivity contribution in [2.75, 3.05) is 26.2 Å². The van der Waals surface area contributed by atoms with E-state index in [1.54, 1.807) is 0 Å². The topological polar surface area (TPSA) is 28.2 Å². The first-order valence-electron chi connectivity index (χ1n) is 6.69. The Balaban J connectivity index is 2.26. The highest BCUT2D eigenvalue weighted by molar-refractivity contribution is 6.35. The first-order valence-corrected chi connectivity index (χ1v) is 7.44.